The highest BCUT2D eigenvalue weighted by molar-refractivity contribution is 5.82. The summed E-state index contributed by atoms with van der Waals surface area (Å²) in [5.74, 6) is -1.85. The minimum atomic E-state index is -4.89. The molecule has 1 aliphatic rings. The molecule has 3 amide bonds. The van der Waals surface area contributed by atoms with Crippen LogP contribution in [0.4, 0.5) is 18.0 Å². The highest BCUT2D eigenvalue weighted by Gasteiger charge is 2.42. The number of nitrogens with zero attached hydrogens (tertiary/aromatic N) is 2. The highest BCUT2D eigenvalue weighted by atomic mass is 19.4. The van der Waals surface area contributed by atoms with Crippen molar-refractivity contribution in [3.05, 3.63) is 36.0 Å². The number of benzene rings is 1. The molecule has 0 bridgehead atoms. The molecule has 27 heavy (non-hydrogen) atoms. The molecule has 1 aromatic carbocycles. The van der Waals surface area contributed by atoms with Crippen LogP contribution in [0.2, 0.25) is 0 Å². The number of H-pyrrole nitrogens is 1. The van der Waals surface area contributed by atoms with Crippen LogP contribution in [0.15, 0.2) is 30.5 Å². The third-order valence-electron chi connectivity index (χ3n) is 4.73. The molecule has 0 radical (unpaired) electrons. The molecular formula is C18H21F3N4O2. The molecule has 9 heteroatoms. The lowest BCUT2D eigenvalue weighted by Crippen LogP contribution is -2.45. The minimum Gasteiger partial charge on any atom is -0.361 e. The molecule has 1 saturated heterocycles. The molecule has 1 aliphatic heterocycles. The number of carbonyl (C=O) groups is 2. The number of carbonyl (C=O) groups excluding carboxylic acids is 2. The molecule has 0 unspecified atom stereocenters. The van der Waals surface area contributed by atoms with Gasteiger partial charge in [0.2, 0.25) is 0 Å². The second-order valence-electron chi connectivity index (χ2n) is 6.63. The van der Waals surface area contributed by atoms with Gasteiger partial charge in [-0.1, -0.05) is 6.07 Å². The standard InChI is InChI=1S/C18H21F3N4O2/c1-12(13-3-4-15-14(11-13)5-6-22-15)23-17(27)25-8-2-7-24(9-10-25)16(26)18(19,20)21/h3-6,11-12,22H,2,7-10H2,1H3,(H,23,27)/t12-/m0/s1. The summed E-state index contributed by atoms with van der Waals surface area (Å²) in [5.41, 5.74) is 1.93. The van der Waals surface area contributed by atoms with Crippen LogP contribution < -0.4 is 5.32 Å². The lowest BCUT2D eigenvalue weighted by molar-refractivity contribution is -0.185. The molecule has 2 N–H and O–H groups in total. The monoisotopic (exact) mass is 382 g/mol. The summed E-state index contributed by atoms with van der Waals surface area (Å²) in [6.45, 7) is 2.08. The molecule has 0 saturated carbocycles. The van der Waals surface area contributed by atoms with Crippen LogP contribution in [0.5, 0.6) is 0 Å². The predicted molar refractivity (Wildman–Crippen MR) is 94.1 cm³/mol. The van der Waals surface area contributed by atoms with Gasteiger partial charge in [-0.25, -0.2) is 4.79 Å². The first-order chi connectivity index (χ1) is 12.8. The van der Waals surface area contributed by atoms with Crippen LogP contribution >= 0.6 is 0 Å². The Morgan fingerprint density at radius 3 is 2.56 bits per heavy atom. The van der Waals surface area contributed by atoms with E-state index in [1.165, 1.54) is 4.90 Å². The topological polar surface area (TPSA) is 68.4 Å². The molecule has 1 aromatic heterocycles. The van der Waals surface area contributed by atoms with E-state index < -0.39 is 12.1 Å². The molecule has 6 nitrogen and oxygen atoms in total. The Labute approximate surface area is 154 Å². The number of nitrogens with one attached hydrogen (secondary N) is 2. The minimum absolute atomic E-state index is 0.0121. The summed E-state index contributed by atoms with van der Waals surface area (Å²) in [5, 5.41) is 3.91. The van der Waals surface area contributed by atoms with Gasteiger partial charge < -0.3 is 20.1 Å². The number of alkyl halides is 3. The number of hydrogen-bond acceptors (Lipinski definition) is 2. The second-order valence-corrected chi connectivity index (χ2v) is 6.63. The fourth-order valence-electron chi connectivity index (χ4n) is 3.20. The summed E-state index contributed by atoms with van der Waals surface area (Å²) in [7, 11) is 0. The number of rotatable bonds is 2. The van der Waals surface area contributed by atoms with Gasteiger partial charge in [-0.2, -0.15) is 13.2 Å². The fraction of sp³-hybridized carbons (Fsp3) is 0.444. The summed E-state index contributed by atoms with van der Waals surface area (Å²) in [4.78, 5) is 29.2. The Kier molecular flexibility index (Phi) is 5.29. The van der Waals surface area contributed by atoms with Gasteiger partial charge in [0.1, 0.15) is 0 Å². The van der Waals surface area contributed by atoms with E-state index in [2.05, 4.69) is 10.3 Å². The zero-order valence-electron chi connectivity index (χ0n) is 14.8. The van der Waals surface area contributed by atoms with Gasteiger partial charge in [-0.15, -0.1) is 0 Å². The maximum absolute atomic E-state index is 12.6. The lowest BCUT2D eigenvalue weighted by Gasteiger charge is -2.25. The second kappa shape index (κ2) is 7.50. The Morgan fingerprint density at radius 1 is 1.11 bits per heavy atom. The lowest BCUT2D eigenvalue weighted by atomic mass is 10.1. The van der Waals surface area contributed by atoms with E-state index in [0.717, 1.165) is 21.4 Å². The first-order valence-corrected chi connectivity index (χ1v) is 8.74. The average Bonchev–Trinajstić information content (AvgIpc) is 2.94. The number of amides is 3. The van der Waals surface area contributed by atoms with Crippen LogP contribution in [0, 0.1) is 0 Å². The van der Waals surface area contributed by atoms with Gasteiger partial charge in [0.15, 0.2) is 0 Å². The number of fused-ring (bicyclic) bond motifs is 1. The molecule has 1 atom stereocenters. The molecule has 0 spiro atoms. The maximum atomic E-state index is 12.6. The van der Waals surface area contributed by atoms with E-state index in [-0.39, 0.29) is 31.7 Å². The van der Waals surface area contributed by atoms with Gasteiger partial charge in [0.25, 0.3) is 0 Å². The molecule has 0 aliphatic carbocycles. The van der Waals surface area contributed by atoms with Gasteiger partial charge in [-0.05, 0) is 42.5 Å². The molecule has 2 heterocycles. The van der Waals surface area contributed by atoms with Crippen LogP contribution in [0.25, 0.3) is 10.9 Å². The van der Waals surface area contributed by atoms with Crippen LogP contribution in [-0.4, -0.2) is 59.1 Å². The average molecular weight is 382 g/mol. The largest absolute Gasteiger partial charge is 0.471 e. The van der Waals surface area contributed by atoms with E-state index in [1.807, 2.05) is 37.4 Å². The van der Waals surface area contributed by atoms with E-state index in [9.17, 15) is 22.8 Å². The summed E-state index contributed by atoms with van der Waals surface area (Å²) in [6.07, 6.45) is -2.75. The van der Waals surface area contributed by atoms with Gasteiger partial charge in [-0.3, -0.25) is 4.79 Å². The number of hydrogen-bond donors (Lipinski definition) is 2. The molecule has 146 valence electrons. The van der Waals surface area contributed by atoms with E-state index in [1.54, 1.807) is 0 Å². The first-order valence-electron chi connectivity index (χ1n) is 8.74. The smallest absolute Gasteiger partial charge is 0.361 e. The van der Waals surface area contributed by atoms with Crippen molar-refractivity contribution in [3.8, 4) is 0 Å². The normalized spacial score (nSPS) is 16.9. The van der Waals surface area contributed by atoms with Crippen molar-refractivity contribution in [2.75, 3.05) is 26.2 Å². The van der Waals surface area contributed by atoms with Crippen molar-refractivity contribution in [3.63, 3.8) is 0 Å². The molecule has 1 fully saturated rings. The number of urea groups is 1. The van der Waals surface area contributed by atoms with Crippen LogP contribution in [0.3, 0.4) is 0 Å². The number of aromatic nitrogens is 1. The molecule has 2 aromatic rings. The van der Waals surface area contributed by atoms with E-state index >= 15 is 0 Å². The number of aromatic amines is 1. The van der Waals surface area contributed by atoms with Crippen molar-refractivity contribution in [2.24, 2.45) is 0 Å². The summed E-state index contributed by atoms with van der Waals surface area (Å²) >= 11 is 0. The van der Waals surface area contributed by atoms with E-state index in [4.69, 9.17) is 0 Å². The Balaban J connectivity index is 1.59. The van der Waals surface area contributed by atoms with Crippen molar-refractivity contribution in [1.29, 1.82) is 0 Å². The van der Waals surface area contributed by atoms with Crippen molar-refractivity contribution in [1.82, 2.24) is 20.1 Å². The highest BCUT2D eigenvalue weighted by Crippen LogP contribution is 2.21. The van der Waals surface area contributed by atoms with Crippen LogP contribution in [-0.2, 0) is 4.79 Å². The van der Waals surface area contributed by atoms with Gasteiger partial charge in [0, 0.05) is 37.9 Å². The van der Waals surface area contributed by atoms with Crippen molar-refractivity contribution < 1.29 is 22.8 Å². The van der Waals surface area contributed by atoms with Crippen molar-refractivity contribution >= 4 is 22.8 Å². The maximum Gasteiger partial charge on any atom is 0.471 e. The molecule has 3 rings (SSSR count). The third-order valence-corrected chi connectivity index (χ3v) is 4.73. The van der Waals surface area contributed by atoms with Gasteiger partial charge in [0.05, 0.1) is 6.04 Å². The fourth-order valence-corrected chi connectivity index (χ4v) is 3.20. The third kappa shape index (κ3) is 4.35. The van der Waals surface area contributed by atoms with Crippen LogP contribution in [0.1, 0.15) is 24.9 Å². The Morgan fingerprint density at radius 2 is 1.81 bits per heavy atom. The Hall–Kier alpha value is -2.71. The predicted octanol–water partition coefficient (Wildman–Crippen LogP) is 3.04. The Bertz CT molecular complexity index is 833. The van der Waals surface area contributed by atoms with Crippen molar-refractivity contribution in [2.45, 2.75) is 25.6 Å². The zero-order chi connectivity index (χ0) is 19.6. The van der Waals surface area contributed by atoms with Gasteiger partial charge >= 0.3 is 18.1 Å². The summed E-state index contributed by atoms with van der Waals surface area (Å²) < 4.78 is 37.7. The number of halogens is 3. The first kappa shape index (κ1) is 19.1. The summed E-state index contributed by atoms with van der Waals surface area (Å²) in [6, 6.07) is 7.15. The zero-order valence-corrected chi connectivity index (χ0v) is 14.8. The molecular weight excluding hydrogens is 361 g/mol. The SMILES string of the molecule is C[C@H](NC(=O)N1CCCN(C(=O)C(F)(F)F)CC1)c1ccc2[nH]ccc2c1. The quantitative estimate of drug-likeness (QED) is 0.838. The van der Waals surface area contributed by atoms with E-state index in [0.29, 0.717) is 13.0 Å².